The summed E-state index contributed by atoms with van der Waals surface area (Å²) in [6.45, 7) is 5.97. The number of nitrogens with one attached hydrogen (secondary N) is 1. The Morgan fingerprint density at radius 3 is 2.19 bits per heavy atom. The lowest BCUT2D eigenvalue weighted by molar-refractivity contribution is 0.199. The molecule has 0 saturated carbocycles. The standard InChI is InChI=1S/C10H24N2O3S/c1-5-10(6-2,8-11)12-16(13,14)9(3)7-15-4/h9,12H,5-8,11H2,1-4H3. The third-order valence-electron chi connectivity index (χ3n) is 3.03. The summed E-state index contributed by atoms with van der Waals surface area (Å²) in [7, 11) is -1.88. The summed E-state index contributed by atoms with van der Waals surface area (Å²) in [6.07, 6.45) is 1.36. The van der Waals surface area contributed by atoms with Gasteiger partial charge in [-0.2, -0.15) is 0 Å². The SMILES string of the molecule is CCC(CC)(CN)NS(=O)(=O)C(C)COC. The maximum Gasteiger partial charge on any atom is 0.217 e. The fourth-order valence-electron chi connectivity index (χ4n) is 1.45. The molecule has 0 spiro atoms. The number of ether oxygens (including phenoxy) is 1. The van der Waals surface area contributed by atoms with Gasteiger partial charge in [0, 0.05) is 19.2 Å². The summed E-state index contributed by atoms with van der Waals surface area (Å²) in [5.74, 6) is 0. The molecule has 0 amide bonds. The second-order valence-corrected chi connectivity index (χ2v) is 6.20. The molecule has 98 valence electrons. The summed E-state index contributed by atoms with van der Waals surface area (Å²) in [6, 6.07) is 0. The van der Waals surface area contributed by atoms with E-state index in [-0.39, 0.29) is 6.61 Å². The smallest absolute Gasteiger partial charge is 0.217 e. The highest BCUT2D eigenvalue weighted by Gasteiger charge is 2.32. The van der Waals surface area contributed by atoms with Crippen molar-refractivity contribution in [3.63, 3.8) is 0 Å². The number of nitrogens with two attached hydrogens (primary N) is 1. The van der Waals surface area contributed by atoms with Gasteiger partial charge in [-0.3, -0.25) is 0 Å². The van der Waals surface area contributed by atoms with Gasteiger partial charge in [-0.05, 0) is 19.8 Å². The predicted octanol–water partition coefficient (Wildman–Crippen LogP) is 0.458. The minimum Gasteiger partial charge on any atom is -0.383 e. The molecule has 6 heteroatoms. The number of hydrogen-bond donors (Lipinski definition) is 2. The van der Waals surface area contributed by atoms with Crippen LogP contribution in [0.25, 0.3) is 0 Å². The lowest BCUT2D eigenvalue weighted by Crippen LogP contribution is -2.55. The zero-order valence-electron chi connectivity index (χ0n) is 10.6. The van der Waals surface area contributed by atoms with Crippen LogP contribution in [0, 0.1) is 0 Å². The van der Waals surface area contributed by atoms with Crippen LogP contribution in [0.4, 0.5) is 0 Å². The first kappa shape index (κ1) is 15.8. The predicted molar refractivity (Wildman–Crippen MR) is 65.8 cm³/mol. The molecule has 1 atom stereocenters. The van der Waals surface area contributed by atoms with Gasteiger partial charge < -0.3 is 10.5 Å². The minimum absolute atomic E-state index is 0.184. The topological polar surface area (TPSA) is 81.4 Å². The highest BCUT2D eigenvalue weighted by Crippen LogP contribution is 2.16. The lowest BCUT2D eigenvalue weighted by atomic mass is 9.95. The van der Waals surface area contributed by atoms with E-state index in [1.54, 1.807) is 6.92 Å². The van der Waals surface area contributed by atoms with Crippen LogP contribution in [0.2, 0.25) is 0 Å². The first-order valence-corrected chi connectivity index (χ1v) is 7.14. The normalized spacial score (nSPS) is 15.1. The third-order valence-corrected chi connectivity index (χ3v) is 4.95. The van der Waals surface area contributed by atoms with Gasteiger partial charge in [-0.1, -0.05) is 13.8 Å². The Balaban J connectivity index is 4.79. The van der Waals surface area contributed by atoms with E-state index in [0.29, 0.717) is 19.4 Å². The van der Waals surface area contributed by atoms with Crippen molar-refractivity contribution in [2.45, 2.75) is 44.4 Å². The molecule has 0 aromatic heterocycles. The van der Waals surface area contributed by atoms with Crippen molar-refractivity contribution in [2.24, 2.45) is 5.73 Å². The Morgan fingerprint density at radius 1 is 1.38 bits per heavy atom. The molecular formula is C10H24N2O3S. The van der Waals surface area contributed by atoms with Gasteiger partial charge in [0.2, 0.25) is 10.0 Å². The molecule has 0 radical (unpaired) electrons. The summed E-state index contributed by atoms with van der Waals surface area (Å²) < 4.78 is 31.5. The van der Waals surface area contributed by atoms with Gasteiger partial charge >= 0.3 is 0 Å². The van der Waals surface area contributed by atoms with Crippen LogP contribution >= 0.6 is 0 Å². The van der Waals surface area contributed by atoms with Crippen LogP contribution in [0.5, 0.6) is 0 Å². The molecular weight excluding hydrogens is 228 g/mol. The molecule has 0 aromatic carbocycles. The van der Waals surface area contributed by atoms with Gasteiger partial charge in [-0.25, -0.2) is 13.1 Å². The Bertz CT molecular complexity index is 278. The maximum absolute atomic E-state index is 12.0. The van der Waals surface area contributed by atoms with Crippen molar-refractivity contribution < 1.29 is 13.2 Å². The van der Waals surface area contributed by atoms with Crippen LogP contribution in [0.1, 0.15) is 33.6 Å². The van der Waals surface area contributed by atoms with E-state index >= 15 is 0 Å². The zero-order valence-corrected chi connectivity index (χ0v) is 11.4. The van der Waals surface area contributed by atoms with Gasteiger partial charge in [0.25, 0.3) is 0 Å². The maximum atomic E-state index is 12.0. The van der Waals surface area contributed by atoms with Crippen LogP contribution in [0.3, 0.4) is 0 Å². The molecule has 0 aliphatic heterocycles. The number of rotatable bonds is 8. The Kier molecular flexibility index (Phi) is 6.47. The fraction of sp³-hybridized carbons (Fsp3) is 1.00. The largest absolute Gasteiger partial charge is 0.383 e. The molecule has 1 unspecified atom stereocenters. The summed E-state index contributed by atoms with van der Waals surface area (Å²) in [5.41, 5.74) is 5.12. The van der Waals surface area contributed by atoms with E-state index < -0.39 is 20.8 Å². The molecule has 0 heterocycles. The van der Waals surface area contributed by atoms with Crippen molar-refractivity contribution >= 4 is 10.0 Å². The van der Waals surface area contributed by atoms with Gasteiger partial charge in [0.05, 0.1) is 11.9 Å². The van der Waals surface area contributed by atoms with Crippen molar-refractivity contribution in [1.82, 2.24) is 4.72 Å². The monoisotopic (exact) mass is 252 g/mol. The van der Waals surface area contributed by atoms with Crippen molar-refractivity contribution in [3.8, 4) is 0 Å². The van der Waals surface area contributed by atoms with E-state index in [2.05, 4.69) is 4.72 Å². The Labute approximate surface area is 98.8 Å². The van der Waals surface area contributed by atoms with Crippen molar-refractivity contribution in [2.75, 3.05) is 20.3 Å². The quantitative estimate of drug-likeness (QED) is 0.657. The van der Waals surface area contributed by atoms with Gasteiger partial charge in [-0.15, -0.1) is 0 Å². The van der Waals surface area contributed by atoms with Gasteiger partial charge in [0.15, 0.2) is 0 Å². The average Bonchev–Trinajstić information content (AvgIpc) is 2.26. The molecule has 0 saturated heterocycles. The molecule has 0 aromatic rings. The van der Waals surface area contributed by atoms with Crippen LogP contribution in [-0.2, 0) is 14.8 Å². The molecule has 0 fully saturated rings. The van der Waals surface area contributed by atoms with Crippen LogP contribution < -0.4 is 10.5 Å². The Morgan fingerprint density at radius 2 is 1.88 bits per heavy atom. The van der Waals surface area contributed by atoms with Crippen molar-refractivity contribution in [3.05, 3.63) is 0 Å². The first-order valence-electron chi connectivity index (χ1n) is 5.59. The molecule has 0 aliphatic carbocycles. The first-order chi connectivity index (χ1) is 7.37. The third kappa shape index (κ3) is 4.01. The highest BCUT2D eigenvalue weighted by atomic mass is 32.2. The van der Waals surface area contributed by atoms with Crippen LogP contribution in [0.15, 0.2) is 0 Å². The van der Waals surface area contributed by atoms with Gasteiger partial charge in [0.1, 0.15) is 0 Å². The molecule has 3 N–H and O–H groups in total. The number of hydrogen-bond acceptors (Lipinski definition) is 4. The van der Waals surface area contributed by atoms with E-state index in [0.717, 1.165) is 0 Å². The second-order valence-electron chi connectivity index (χ2n) is 4.10. The van der Waals surface area contributed by atoms with E-state index in [1.165, 1.54) is 7.11 Å². The molecule has 0 rings (SSSR count). The van der Waals surface area contributed by atoms with E-state index in [1.807, 2.05) is 13.8 Å². The highest BCUT2D eigenvalue weighted by molar-refractivity contribution is 7.90. The molecule has 5 nitrogen and oxygen atoms in total. The lowest BCUT2D eigenvalue weighted by Gasteiger charge is -2.32. The Hall–Kier alpha value is -0.170. The summed E-state index contributed by atoms with van der Waals surface area (Å²) in [4.78, 5) is 0. The van der Waals surface area contributed by atoms with Crippen LogP contribution in [-0.4, -0.2) is 39.5 Å². The summed E-state index contributed by atoms with van der Waals surface area (Å²) >= 11 is 0. The minimum atomic E-state index is -3.37. The number of sulfonamides is 1. The van der Waals surface area contributed by atoms with E-state index in [9.17, 15) is 8.42 Å². The summed E-state index contributed by atoms with van der Waals surface area (Å²) in [5, 5.41) is -0.568. The van der Waals surface area contributed by atoms with E-state index in [4.69, 9.17) is 10.5 Å². The molecule has 0 aliphatic rings. The fourth-order valence-corrected chi connectivity index (χ4v) is 2.94. The van der Waals surface area contributed by atoms with Crippen molar-refractivity contribution in [1.29, 1.82) is 0 Å². The molecule has 16 heavy (non-hydrogen) atoms. The second kappa shape index (κ2) is 6.54. The molecule has 0 bridgehead atoms. The zero-order chi connectivity index (χ0) is 12.8. The average molecular weight is 252 g/mol. The number of methoxy groups -OCH3 is 1.